The molecule has 1 aliphatic rings. The number of rotatable bonds is 4. The van der Waals surface area contributed by atoms with Crippen LogP contribution in [-0.4, -0.2) is 33.7 Å². The molecule has 1 aliphatic heterocycles. The number of aryl methyl sites for hydroxylation is 2. The summed E-state index contributed by atoms with van der Waals surface area (Å²) in [6.45, 7) is 0.909. The number of fused-ring (bicyclic) bond motifs is 2. The summed E-state index contributed by atoms with van der Waals surface area (Å²) in [6.07, 6.45) is 3.73. The number of hydrogen-bond acceptors (Lipinski definition) is 4. The normalized spacial score (nSPS) is 13.7. The van der Waals surface area contributed by atoms with E-state index in [2.05, 4.69) is 5.10 Å². The number of benzene rings is 1. The van der Waals surface area contributed by atoms with E-state index in [1.165, 1.54) is 9.08 Å². The van der Waals surface area contributed by atoms with Crippen molar-refractivity contribution in [3.8, 4) is 5.75 Å². The molecule has 0 bridgehead atoms. The van der Waals surface area contributed by atoms with Gasteiger partial charge in [-0.2, -0.15) is 0 Å². The molecule has 0 fully saturated rings. The van der Waals surface area contributed by atoms with Crippen molar-refractivity contribution >= 4 is 17.2 Å². The van der Waals surface area contributed by atoms with Crippen molar-refractivity contribution in [3.05, 3.63) is 58.6 Å². The molecule has 0 saturated heterocycles. The average molecular weight is 352 g/mol. The van der Waals surface area contributed by atoms with Crippen LogP contribution in [0, 0.1) is 0 Å². The molecule has 0 spiro atoms. The Balaban J connectivity index is 1.56. The molecule has 134 valence electrons. The fraction of sp³-hybridized carbons (Fsp3) is 0.316. The van der Waals surface area contributed by atoms with Gasteiger partial charge >= 0.3 is 5.69 Å². The Bertz CT molecular complexity index is 1010. The zero-order valence-electron chi connectivity index (χ0n) is 14.6. The van der Waals surface area contributed by atoms with E-state index in [4.69, 9.17) is 4.74 Å². The second-order valence-electron chi connectivity index (χ2n) is 6.30. The van der Waals surface area contributed by atoms with E-state index in [-0.39, 0.29) is 24.6 Å². The van der Waals surface area contributed by atoms with Crippen molar-refractivity contribution in [1.82, 2.24) is 14.2 Å². The molecule has 0 saturated carbocycles. The molecule has 7 heteroatoms. The molecule has 0 unspecified atom stereocenters. The second-order valence-corrected chi connectivity index (χ2v) is 6.30. The highest BCUT2D eigenvalue weighted by Crippen LogP contribution is 2.36. The first-order valence-electron chi connectivity index (χ1n) is 8.69. The molecular weight excluding hydrogens is 332 g/mol. The Labute approximate surface area is 150 Å². The molecule has 26 heavy (non-hydrogen) atoms. The number of amides is 1. The standard InChI is InChI=1S/C19H20N4O3/c1-26-15-8-4-6-14-7-5-12-22(18(14)15)17(24)10-13-23-19(25)21-11-3-2-9-16(21)20-23/h2-4,6,8-9,11H,5,7,10,12-13H2,1H3. The Morgan fingerprint density at radius 2 is 2.12 bits per heavy atom. The lowest BCUT2D eigenvalue weighted by Crippen LogP contribution is -2.37. The van der Waals surface area contributed by atoms with Gasteiger partial charge in [-0.15, -0.1) is 5.10 Å². The lowest BCUT2D eigenvalue weighted by Gasteiger charge is -2.31. The maximum Gasteiger partial charge on any atom is 0.350 e. The third-order valence-corrected chi connectivity index (χ3v) is 4.73. The van der Waals surface area contributed by atoms with Crippen LogP contribution in [0.3, 0.4) is 0 Å². The first kappa shape index (κ1) is 16.4. The Morgan fingerprint density at radius 1 is 1.23 bits per heavy atom. The lowest BCUT2D eigenvalue weighted by molar-refractivity contribution is -0.119. The molecule has 4 rings (SSSR count). The van der Waals surface area contributed by atoms with Gasteiger partial charge in [0, 0.05) is 19.2 Å². The molecular formula is C19H20N4O3. The number of pyridine rings is 1. The number of nitrogens with zero attached hydrogens (tertiary/aromatic N) is 4. The molecule has 0 atom stereocenters. The number of anilines is 1. The average Bonchev–Trinajstić information content (AvgIpc) is 3.01. The Kier molecular flexibility index (Phi) is 4.20. The highest BCUT2D eigenvalue weighted by atomic mass is 16.5. The molecule has 1 aromatic carbocycles. The highest BCUT2D eigenvalue weighted by Gasteiger charge is 2.25. The lowest BCUT2D eigenvalue weighted by atomic mass is 10.0. The monoisotopic (exact) mass is 352 g/mol. The van der Waals surface area contributed by atoms with Crippen molar-refractivity contribution < 1.29 is 9.53 Å². The summed E-state index contributed by atoms with van der Waals surface area (Å²) >= 11 is 0. The summed E-state index contributed by atoms with van der Waals surface area (Å²) in [5, 5.41) is 4.28. The van der Waals surface area contributed by atoms with Crippen molar-refractivity contribution in [2.45, 2.75) is 25.8 Å². The summed E-state index contributed by atoms with van der Waals surface area (Å²) in [4.78, 5) is 27.0. The molecule has 2 aromatic heterocycles. The van der Waals surface area contributed by atoms with Crippen LogP contribution in [0.25, 0.3) is 5.65 Å². The number of carbonyl (C=O) groups is 1. The van der Waals surface area contributed by atoms with Gasteiger partial charge in [0.05, 0.1) is 19.3 Å². The zero-order chi connectivity index (χ0) is 18.1. The molecule has 3 aromatic rings. The van der Waals surface area contributed by atoms with Crippen molar-refractivity contribution in [2.75, 3.05) is 18.6 Å². The van der Waals surface area contributed by atoms with E-state index >= 15 is 0 Å². The van der Waals surface area contributed by atoms with E-state index in [0.717, 1.165) is 24.1 Å². The van der Waals surface area contributed by atoms with Gasteiger partial charge in [0.25, 0.3) is 0 Å². The van der Waals surface area contributed by atoms with Crippen LogP contribution in [-0.2, 0) is 17.8 Å². The third-order valence-electron chi connectivity index (χ3n) is 4.73. The van der Waals surface area contributed by atoms with Gasteiger partial charge in [0.1, 0.15) is 5.75 Å². The van der Waals surface area contributed by atoms with E-state index < -0.39 is 0 Å². The number of hydrogen-bond donors (Lipinski definition) is 0. The summed E-state index contributed by atoms with van der Waals surface area (Å²) in [5.74, 6) is 0.680. The number of carbonyl (C=O) groups excluding carboxylic acids is 1. The van der Waals surface area contributed by atoms with E-state index in [9.17, 15) is 9.59 Å². The zero-order valence-corrected chi connectivity index (χ0v) is 14.6. The minimum atomic E-state index is -0.231. The molecule has 3 heterocycles. The molecule has 0 radical (unpaired) electrons. The number of para-hydroxylation sites is 1. The first-order chi connectivity index (χ1) is 12.7. The smallest absolute Gasteiger partial charge is 0.350 e. The van der Waals surface area contributed by atoms with E-state index in [1.807, 2.05) is 24.3 Å². The second kappa shape index (κ2) is 6.67. The molecule has 7 nitrogen and oxygen atoms in total. The summed E-state index contributed by atoms with van der Waals surface area (Å²) in [6, 6.07) is 11.2. The highest BCUT2D eigenvalue weighted by molar-refractivity contribution is 5.96. The third kappa shape index (κ3) is 2.75. The molecule has 0 N–H and O–H groups in total. The quantitative estimate of drug-likeness (QED) is 0.719. The van der Waals surface area contributed by atoms with Crippen LogP contribution >= 0.6 is 0 Å². The van der Waals surface area contributed by atoms with Gasteiger partial charge in [-0.25, -0.2) is 9.48 Å². The van der Waals surface area contributed by atoms with Crippen molar-refractivity contribution in [2.24, 2.45) is 0 Å². The maximum absolute atomic E-state index is 12.8. The number of ether oxygens (including phenoxy) is 1. The Morgan fingerprint density at radius 3 is 2.92 bits per heavy atom. The minimum absolute atomic E-state index is 0.0283. The summed E-state index contributed by atoms with van der Waals surface area (Å²) < 4.78 is 8.27. The van der Waals surface area contributed by atoms with E-state index in [0.29, 0.717) is 17.9 Å². The van der Waals surface area contributed by atoms with Crippen molar-refractivity contribution in [3.63, 3.8) is 0 Å². The number of aromatic nitrogens is 3. The summed E-state index contributed by atoms with van der Waals surface area (Å²) in [5.41, 5.74) is 2.32. The Hall–Kier alpha value is -3.09. The van der Waals surface area contributed by atoms with Crippen LogP contribution in [0.1, 0.15) is 18.4 Å². The fourth-order valence-corrected chi connectivity index (χ4v) is 3.48. The predicted octanol–water partition coefficient (Wildman–Crippen LogP) is 1.87. The van der Waals surface area contributed by atoms with Crippen LogP contribution in [0.5, 0.6) is 5.75 Å². The van der Waals surface area contributed by atoms with Gasteiger partial charge in [-0.1, -0.05) is 18.2 Å². The van der Waals surface area contributed by atoms with Gasteiger partial charge in [-0.05, 0) is 36.6 Å². The maximum atomic E-state index is 12.8. The van der Waals surface area contributed by atoms with Gasteiger partial charge in [0.15, 0.2) is 5.65 Å². The largest absolute Gasteiger partial charge is 0.495 e. The van der Waals surface area contributed by atoms with Gasteiger partial charge in [-0.3, -0.25) is 9.20 Å². The summed E-state index contributed by atoms with van der Waals surface area (Å²) in [7, 11) is 1.61. The van der Waals surface area contributed by atoms with Crippen LogP contribution in [0.2, 0.25) is 0 Å². The van der Waals surface area contributed by atoms with E-state index in [1.54, 1.807) is 30.3 Å². The van der Waals surface area contributed by atoms with Crippen molar-refractivity contribution in [1.29, 1.82) is 0 Å². The predicted molar refractivity (Wildman–Crippen MR) is 97.7 cm³/mol. The number of methoxy groups -OCH3 is 1. The molecule has 1 amide bonds. The van der Waals surface area contributed by atoms with Crippen LogP contribution < -0.4 is 15.3 Å². The van der Waals surface area contributed by atoms with Crippen LogP contribution in [0.4, 0.5) is 5.69 Å². The van der Waals surface area contributed by atoms with Gasteiger partial charge < -0.3 is 9.64 Å². The SMILES string of the molecule is COc1cccc2c1N(C(=O)CCn1nc3ccccn3c1=O)CCC2. The van der Waals surface area contributed by atoms with Gasteiger partial charge in [0.2, 0.25) is 5.91 Å². The topological polar surface area (TPSA) is 68.8 Å². The minimum Gasteiger partial charge on any atom is -0.495 e. The van der Waals surface area contributed by atoms with Crippen LogP contribution in [0.15, 0.2) is 47.4 Å². The molecule has 0 aliphatic carbocycles. The fourth-order valence-electron chi connectivity index (χ4n) is 3.48. The first-order valence-corrected chi connectivity index (χ1v) is 8.69.